The summed E-state index contributed by atoms with van der Waals surface area (Å²) >= 11 is 0. The highest BCUT2D eigenvalue weighted by molar-refractivity contribution is 5.32. The van der Waals surface area contributed by atoms with Crippen molar-refractivity contribution in [2.75, 3.05) is 18.1 Å². The summed E-state index contributed by atoms with van der Waals surface area (Å²) in [5.41, 5.74) is 0.998. The minimum Gasteiger partial charge on any atom is -0.396 e. The van der Waals surface area contributed by atoms with Crippen LogP contribution in [0.3, 0.4) is 0 Å². The molecule has 1 atom stereocenters. The van der Waals surface area contributed by atoms with Gasteiger partial charge in [0.05, 0.1) is 0 Å². The fourth-order valence-electron chi connectivity index (χ4n) is 2.29. The molecule has 16 heavy (non-hydrogen) atoms. The predicted octanol–water partition coefficient (Wildman–Crippen LogP) is 1.53. The van der Waals surface area contributed by atoms with E-state index < -0.39 is 0 Å². The van der Waals surface area contributed by atoms with Crippen LogP contribution in [0.25, 0.3) is 0 Å². The Balaban J connectivity index is 2.16. The Morgan fingerprint density at radius 1 is 1.50 bits per heavy atom. The van der Waals surface area contributed by atoms with Gasteiger partial charge in [0.2, 0.25) is 5.95 Å². The van der Waals surface area contributed by atoms with Crippen molar-refractivity contribution in [1.29, 1.82) is 0 Å². The molecule has 0 amide bonds. The topological polar surface area (TPSA) is 49.2 Å². The minimum absolute atomic E-state index is 0.243. The van der Waals surface area contributed by atoms with Crippen LogP contribution in [0.2, 0.25) is 0 Å². The lowest BCUT2D eigenvalue weighted by molar-refractivity contribution is 0.261. The van der Waals surface area contributed by atoms with E-state index in [4.69, 9.17) is 5.11 Å². The van der Waals surface area contributed by atoms with Crippen molar-refractivity contribution < 1.29 is 5.11 Å². The van der Waals surface area contributed by atoms with E-state index in [0.717, 1.165) is 31.0 Å². The van der Waals surface area contributed by atoms with Gasteiger partial charge in [-0.05, 0) is 38.7 Å². The SMILES string of the molecule is Cc1ccnc(N2CCCCC2CCO)n1. The zero-order chi connectivity index (χ0) is 11.4. The van der Waals surface area contributed by atoms with Gasteiger partial charge >= 0.3 is 0 Å². The van der Waals surface area contributed by atoms with Crippen molar-refractivity contribution in [2.24, 2.45) is 0 Å². The molecule has 1 unspecified atom stereocenters. The second-order valence-corrected chi connectivity index (χ2v) is 4.35. The molecule has 0 radical (unpaired) electrons. The van der Waals surface area contributed by atoms with Crippen molar-refractivity contribution in [3.63, 3.8) is 0 Å². The Morgan fingerprint density at radius 2 is 2.38 bits per heavy atom. The highest BCUT2D eigenvalue weighted by Crippen LogP contribution is 2.23. The number of aryl methyl sites for hydroxylation is 1. The summed E-state index contributed by atoms with van der Waals surface area (Å²) in [5, 5.41) is 9.07. The van der Waals surface area contributed by atoms with Crippen molar-refractivity contribution in [1.82, 2.24) is 9.97 Å². The molecule has 0 aromatic carbocycles. The fourth-order valence-corrected chi connectivity index (χ4v) is 2.29. The standard InChI is InChI=1S/C12H19N3O/c1-10-5-7-13-12(14-10)15-8-3-2-4-11(15)6-9-16/h5,7,11,16H,2-4,6,8-9H2,1H3. The average Bonchev–Trinajstić information content (AvgIpc) is 2.30. The molecule has 1 saturated heterocycles. The molecular weight excluding hydrogens is 202 g/mol. The number of rotatable bonds is 3. The first-order valence-corrected chi connectivity index (χ1v) is 5.98. The average molecular weight is 221 g/mol. The molecule has 2 rings (SSSR count). The van der Waals surface area contributed by atoms with Crippen molar-refractivity contribution in [3.05, 3.63) is 18.0 Å². The number of nitrogens with zero attached hydrogens (tertiary/aromatic N) is 3. The highest BCUT2D eigenvalue weighted by Gasteiger charge is 2.23. The zero-order valence-electron chi connectivity index (χ0n) is 9.76. The lowest BCUT2D eigenvalue weighted by atomic mass is 10.0. The molecule has 0 bridgehead atoms. The summed E-state index contributed by atoms with van der Waals surface area (Å²) in [6.45, 7) is 3.23. The van der Waals surface area contributed by atoms with Crippen molar-refractivity contribution in [2.45, 2.75) is 38.6 Å². The monoisotopic (exact) mass is 221 g/mol. The van der Waals surface area contributed by atoms with E-state index >= 15 is 0 Å². The highest BCUT2D eigenvalue weighted by atomic mass is 16.3. The summed E-state index contributed by atoms with van der Waals surface area (Å²) in [6.07, 6.45) is 6.20. The van der Waals surface area contributed by atoms with Crippen LogP contribution in [0.5, 0.6) is 0 Å². The molecular formula is C12H19N3O. The Bertz CT molecular complexity index is 341. The maximum atomic E-state index is 9.07. The quantitative estimate of drug-likeness (QED) is 0.841. The summed E-state index contributed by atoms with van der Waals surface area (Å²) in [5.74, 6) is 0.818. The van der Waals surface area contributed by atoms with E-state index in [2.05, 4.69) is 14.9 Å². The number of anilines is 1. The number of aromatic nitrogens is 2. The molecule has 4 nitrogen and oxygen atoms in total. The summed E-state index contributed by atoms with van der Waals surface area (Å²) in [6, 6.07) is 2.31. The predicted molar refractivity (Wildman–Crippen MR) is 63.5 cm³/mol. The van der Waals surface area contributed by atoms with E-state index in [9.17, 15) is 0 Å². The Kier molecular flexibility index (Phi) is 3.72. The first kappa shape index (κ1) is 11.3. The largest absolute Gasteiger partial charge is 0.396 e. The molecule has 1 aliphatic heterocycles. The lowest BCUT2D eigenvalue weighted by Gasteiger charge is -2.35. The number of aliphatic hydroxyl groups excluding tert-OH is 1. The van der Waals surface area contributed by atoms with Crippen LogP contribution >= 0.6 is 0 Å². The molecule has 0 spiro atoms. The van der Waals surface area contributed by atoms with Crippen LogP contribution in [0.4, 0.5) is 5.95 Å². The molecule has 0 aliphatic carbocycles. The van der Waals surface area contributed by atoms with Gasteiger partial charge in [0.1, 0.15) is 0 Å². The van der Waals surface area contributed by atoms with E-state index in [1.165, 1.54) is 12.8 Å². The normalized spacial score (nSPS) is 21.1. The van der Waals surface area contributed by atoms with Gasteiger partial charge < -0.3 is 10.0 Å². The number of hydrogen-bond donors (Lipinski definition) is 1. The van der Waals surface area contributed by atoms with Crippen LogP contribution in [-0.4, -0.2) is 34.3 Å². The van der Waals surface area contributed by atoms with E-state index in [0.29, 0.717) is 6.04 Å². The molecule has 0 saturated carbocycles. The molecule has 1 aromatic rings. The molecule has 4 heteroatoms. The third kappa shape index (κ3) is 2.50. The third-order valence-corrected chi connectivity index (χ3v) is 3.13. The second kappa shape index (κ2) is 5.25. The molecule has 1 aliphatic rings. The van der Waals surface area contributed by atoms with Gasteiger partial charge in [-0.25, -0.2) is 9.97 Å². The fraction of sp³-hybridized carbons (Fsp3) is 0.667. The van der Waals surface area contributed by atoms with Crippen molar-refractivity contribution >= 4 is 5.95 Å². The smallest absolute Gasteiger partial charge is 0.225 e. The first-order chi connectivity index (χ1) is 7.81. The molecule has 1 fully saturated rings. The summed E-state index contributed by atoms with van der Waals surface area (Å²) in [7, 11) is 0. The van der Waals surface area contributed by atoms with Gasteiger partial charge in [-0.3, -0.25) is 0 Å². The molecule has 88 valence electrons. The molecule has 2 heterocycles. The lowest BCUT2D eigenvalue weighted by Crippen LogP contribution is -2.41. The van der Waals surface area contributed by atoms with E-state index in [-0.39, 0.29) is 6.61 Å². The van der Waals surface area contributed by atoms with Crippen LogP contribution in [0.1, 0.15) is 31.4 Å². The summed E-state index contributed by atoms with van der Waals surface area (Å²) in [4.78, 5) is 11.0. The summed E-state index contributed by atoms with van der Waals surface area (Å²) < 4.78 is 0. The maximum absolute atomic E-state index is 9.07. The van der Waals surface area contributed by atoms with Gasteiger partial charge in [-0.1, -0.05) is 0 Å². The van der Waals surface area contributed by atoms with Crippen LogP contribution in [0, 0.1) is 6.92 Å². The second-order valence-electron chi connectivity index (χ2n) is 4.35. The molecule has 1 aromatic heterocycles. The van der Waals surface area contributed by atoms with Gasteiger partial charge in [0, 0.05) is 31.1 Å². The van der Waals surface area contributed by atoms with Crippen LogP contribution < -0.4 is 4.90 Å². The Labute approximate surface area is 96.3 Å². The van der Waals surface area contributed by atoms with E-state index in [1.54, 1.807) is 0 Å². The number of hydrogen-bond acceptors (Lipinski definition) is 4. The minimum atomic E-state index is 0.243. The maximum Gasteiger partial charge on any atom is 0.225 e. The van der Waals surface area contributed by atoms with Gasteiger partial charge in [-0.15, -0.1) is 0 Å². The number of piperidine rings is 1. The Hall–Kier alpha value is -1.16. The molecule has 1 N–H and O–H groups in total. The van der Waals surface area contributed by atoms with Crippen molar-refractivity contribution in [3.8, 4) is 0 Å². The van der Waals surface area contributed by atoms with E-state index in [1.807, 2.05) is 19.2 Å². The third-order valence-electron chi connectivity index (χ3n) is 3.13. The van der Waals surface area contributed by atoms with Gasteiger partial charge in [0.15, 0.2) is 0 Å². The zero-order valence-corrected chi connectivity index (χ0v) is 9.76. The Morgan fingerprint density at radius 3 is 3.12 bits per heavy atom. The van der Waals surface area contributed by atoms with Gasteiger partial charge in [0.25, 0.3) is 0 Å². The first-order valence-electron chi connectivity index (χ1n) is 5.98. The van der Waals surface area contributed by atoms with Crippen LogP contribution in [-0.2, 0) is 0 Å². The van der Waals surface area contributed by atoms with Gasteiger partial charge in [-0.2, -0.15) is 0 Å². The van der Waals surface area contributed by atoms with Crippen LogP contribution in [0.15, 0.2) is 12.3 Å². The number of aliphatic hydroxyl groups is 1.